The maximum atomic E-state index is 11.7. The molecule has 1 fully saturated rings. The van der Waals surface area contributed by atoms with E-state index in [-0.39, 0.29) is 6.54 Å². The largest absolute Gasteiger partial charge is 0.387 e. The number of nitrogens with one attached hydrogen (secondary N) is 2. The zero-order chi connectivity index (χ0) is 13.9. The average molecular weight is 321 g/mol. The minimum absolute atomic E-state index is 0.226. The van der Waals surface area contributed by atoms with E-state index in [1.807, 2.05) is 0 Å². The van der Waals surface area contributed by atoms with Gasteiger partial charge in [0, 0.05) is 17.3 Å². The van der Waals surface area contributed by atoms with Gasteiger partial charge in [0.05, 0.1) is 16.3 Å². The lowest BCUT2D eigenvalue weighted by molar-refractivity contribution is 0.0706. The second-order valence-corrected chi connectivity index (χ2v) is 6.41. The first kappa shape index (κ1) is 14.8. The van der Waals surface area contributed by atoms with Gasteiger partial charge < -0.3 is 15.7 Å². The lowest BCUT2D eigenvalue weighted by Crippen LogP contribution is -2.44. The van der Waals surface area contributed by atoms with Gasteiger partial charge in [0.25, 0.3) is 0 Å². The molecule has 7 heteroatoms. The van der Waals surface area contributed by atoms with Crippen molar-refractivity contribution < 1.29 is 9.90 Å². The van der Waals surface area contributed by atoms with Gasteiger partial charge in [0.15, 0.2) is 0 Å². The number of hydrogen-bond acceptors (Lipinski definition) is 3. The van der Waals surface area contributed by atoms with Crippen LogP contribution in [0.15, 0.2) is 18.2 Å². The van der Waals surface area contributed by atoms with Gasteiger partial charge >= 0.3 is 6.03 Å². The number of urea groups is 1. The summed E-state index contributed by atoms with van der Waals surface area (Å²) in [5.41, 5.74) is -0.361. The maximum Gasteiger partial charge on any atom is 0.319 e. The van der Waals surface area contributed by atoms with Crippen LogP contribution in [0, 0.1) is 0 Å². The van der Waals surface area contributed by atoms with E-state index < -0.39 is 11.6 Å². The van der Waals surface area contributed by atoms with Crippen LogP contribution in [0.3, 0.4) is 0 Å². The summed E-state index contributed by atoms with van der Waals surface area (Å²) in [7, 11) is 0. The number of halogens is 2. The Bertz CT molecular complexity index is 479. The third kappa shape index (κ3) is 4.18. The van der Waals surface area contributed by atoms with Crippen LogP contribution in [-0.2, 0) is 0 Å². The zero-order valence-electron chi connectivity index (χ0n) is 10.1. The van der Waals surface area contributed by atoms with Crippen LogP contribution in [0.25, 0.3) is 0 Å². The Kier molecular flexibility index (Phi) is 4.84. The van der Waals surface area contributed by atoms with Crippen molar-refractivity contribution in [2.75, 3.05) is 23.4 Å². The highest BCUT2D eigenvalue weighted by atomic mass is 35.5. The summed E-state index contributed by atoms with van der Waals surface area (Å²) in [6.07, 6.45) is 0.690. The summed E-state index contributed by atoms with van der Waals surface area (Å²) < 4.78 is 0. The summed E-state index contributed by atoms with van der Waals surface area (Å²) in [6, 6.07) is 4.42. The fraction of sp³-hybridized carbons (Fsp3) is 0.417. The molecule has 2 rings (SSSR count). The monoisotopic (exact) mass is 320 g/mol. The van der Waals surface area contributed by atoms with E-state index in [4.69, 9.17) is 23.2 Å². The number of hydrogen-bond donors (Lipinski definition) is 3. The van der Waals surface area contributed by atoms with E-state index in [9.17, 15) is 9.90 Å². The number of aliphatic hydroxyl groups is 1. The van der Waals surface area contributed by atoms with E-state index in [1.54, 1.807) is 30.0 Å². The van der Waals surface area contributed by atoms with Crippen molar-refractivity contribution >= 4 is 46.7 Å². The van der Waals surface area contributed by atoms with Gasteiger partial charge in [0.1, 0.15) is 0 Å². The van der Waals surface area contributed by atoms with E-state index in [0.29, 0.717) is 27.9 Å². The van der Waals surface area contributed by atoms with Crippen molar-refractivity contribution in [3.05, 3.63) is 28.2 Å². The number of rotatable bonds is 3. The van der Waals surface area contributed by atoms with Crippen LogP contribution in [0.4, 0.5) is 10.5 Å². The lowest BCUT2D eigenvalue weighted by atomic mass is 10.0. The summed E-state index contributed by atoms with van der Waals surface area (Å²) in [5.74, 6) is 1.56. The predicted octanol–water partition coefficient (Wildman–Crippen LogP) is 2.98. The first-order valence-corrected chi connectivity index (χ1v) is 7.70. The van der Waals surface area contributed by atoms with Crippen LogP contribution < -0.4 is 10.6 Å². The minimum atomic E-state index is -0.805. The van der Waals surface area contributed by atoms with E-state index in [2.05, 4.69) is 10.6 Å². The number of amides is 2. The molecule has 0 bridgehead atoms. The molecule has 0 spiro atoms. The highest BCUT2D eigenvalue weighted by Gasteiger charge is 2.31. The molecular formula is C12H14Cl2N2O2S. The fourth-order valence-corrected chi connectivity index (χ4v) is 3.37. The number of carbonyl (C=O) groups excluding carboxylic acids is 1. The summed E-state index contributed by atoms with van der Waals surface area (Å²) in [6.45, 7) is 0.226. The van der Waals surface area contributed by atoms with Crippen LogP contribution in [0.5, 0.6) is 0 Å². The molecule has 1 atom stereocenters. The molecule has 1 aliphatic rings. The van der Waals surface area contributed by atoms with Crippen molar-refractivity contribution in [2.24, 2.45) is 0 Å². The normalized spacial score (nSPS) is 22.3. The van der Waals surface area contributed by atoms with Crippen LogP contribution in [-0.4, -0.2) is 34.8 Å². The molecule has 0 unspecified atom stereocenters. The molecule has 2 amide bonds. The molecule has 0 aliphatic carbocycles. The van der Waals surface area contributed by atoms with Crippen molar-refractivity contribution in [1.82, 2.24) is 5.32 Å². The van der Waals surface area contributed by atoms with Crippen LogP contribution in [0.2, 0.25) is 10.0 Å². The van der Waals surface area contributed by atoms with Crippen molar-refractivity contribution in [3.63, 3.8) is 0 Å². The Hall–Kier alpha value is -0.620. The van der Waals surface area contributed by atoms with Crippen molar-refractivity contribution in [1.29, 1.82) is 0 Å². The standard InChI is InChI=1S/C12H14Cl2N2O2S/c13-8-1-2-9(14)10(5-8)16-11(17)15-6-12(18)3-4-19-7-12/h1-2,5,18H,3-4,6-7H2,(H2,15,16,17)/t12-/m0/s1. The molecule has 4 nitrogen and oxygen atoms in total. The summed E-state index contributed by atoms with van der Waals surface area (Å²) in [5, 5.41) is 16.3. The Morgan fingerprint density at radius 2 is 2.26 bits per heavy atom. The minimum Gasteiger partial charge on any atom is -0.387 e. The number of benzene rings is 1. The molecule has 1 aliphatic heterocycles. The Labute approximate surface area is 125 Å². The predicted molar refractivity (Wildman–Crippen MR) is 80.4 cm³/mol. The van der Waals surface area contributed by atoms with Gasteiger partial charge in [0.2, 0.25) is 0 Å². The third-order valence-corrected chi connectivity index (χ3v) is 4.64. The maximum absolute atomic E-state index is 11.7. The first-order chi connectivity index (χ1) is 8.98. The van der Waals surface area contributed by atoms with Crippen LogP contribution in [0.1, 0.15) is 6.42 Å². The van der Waals surface area contributed by atoms with Gasteiger partial charge in [-0.2, -0.15) is 11.8 Å². The Morgan fingerprint density at radius 1 is 1.47 bits per heavy atom. The molecule has 0 radical (unpaired) electrons. The number of thioether (sulfide) groups is 1. The van der Waals surface area contributed by atoms with E-state index in [1.165, 1.54) is 0 Å². The van der Waals surface area contributed by atoms with Gasteiger partial charge in [-0.3, -0.25) is 0 Å². The average Bonchev–Trinajstić information content (AvgIpc) is 2.79. The summed E-state index contributed by atoms with van der Waals surface area (Å²) >= 11 is 13.5. The lowest BCUT2D eigenvalue weighted by Gasteiger charge is -2.21. The van der Waals surface area contributed by atoms with Gasteiger partial charge in [-0.05, 0) is 30.4 Å². The molecule has 1 aromatic carbocycles. The molecule has 1 saturated heterocycles. The SMILES string of the molecule is O=C(NC[C@@]1(O)CCSC1)Nc1cc(Cl)ccc1Cl. The quantitative estimate of drug-likeness (QED) is 0.802. The number of anilines is 1. The molecule has 1 heterocycles. The highest BCUT2D eigenvalue weighted by molar-refractivity contribution is 7.99. The molecule has 19 heavy (non-hydrogen) atoms. The van der Waals surface area contributed by atoms with Crippen LogP contribution >= 0.6 is 35.0 Å². The smallest absolute Gasteiger partial charge is 0.319 e. The Morgan fingerprint density at radius 3 is 2.95 bits per heavy atom. The molecule has 3 N–H and O–H groups in total. The molecule has 104 valence electrons. The Balaban J connectivity index is 1.89. The first-order valence-electron chi connectivity index (χ1n) is 5.79. The van der Waals surface area contributed by atoms with Gasteiger partial charge in [-0.1, -0.05) is 23.2 Å². The second-order valence-electron chi connectivity index (χ2n) is 4.46. The fourth-order valence-electron chi connectivity index (χ4n) is 1.74. The van der Waals surface area contributed by atoms with Gasteiger partial charge in [-0.25, -0.2) is 4.79 Å². The van der Waals surface area contributed by atoms with Crippen molar-refractivity contribution in [3.8, 4) is 0 Å². The molecule has 0 aromatic heterocycles. The second kappa shape index (κ2) is 6.22. The molecular weight excluding hydrogens is 307 g/mol. The molecule has 1 aromatic rings. The topological polar surface area (TPSA) is 61.4 Å². The highest BCUT2D eigenvalue weighted by Crippen LogP contribution is 2.27. The zero-order valence-corrected chi connectivity index (χ0v) is 12.4. The summed E-state index contributed by atoms with van der Waals surface area (Å²) in [4.78, 5) is 11.7. The number of carbonyl (C=O) groups is 1. The van der Waals surface area contributed by atoms with E-state index >= 15 is 0 Å². The van der Waals surface area contributed by atoms with Gasteiger partial charge in [-0.15, -0.1) is 0 Å². The van der Waals surface area contributed by atoms with E-state index in [0.717, 1.165) is 5.75 Å². The van der Waals surface area contributed by atoms with Crippen molar-refractivity contribution in [2.45, 2.75) is 12.0 Å². The molecule has 0 saturated carbocycles. The third-order valence-electron chi connectivity index (χ3n) is 2.84.